The molecule has 3 heterocycles. The third-order valence-electron chi connectivity index (χ3n) is 6.15. The normalized spacial score (nSPS) is 19.5. The van der Waals surface area contributed by atoms with Crippen LogP contribution in [0.15, 0.2) is 30.7 Å². The van der Waals surface area contributed by atoms with Crippen LogP contribution >= 0.6 is 0 Å². The van der Waals surface area contributed by atoms with Gasteiger partial charge in [-0.15, -0.1) is 0 Å². The maximum absolute atomic E-state index is 14.1. The Morgan fingerprint density at radius 3 is 2.17 bits per heavy atom. The predicted octanol–water partition coefficient (Wildman–Crippen LogP) is 5.19. The van der Waals surface area contributed by atoms with E-state index >= 15 is 0 Å². The van der Waals surface area contributed by atoms with Crippen molar-refractivity contribution in [2.75, 3.05) is 18.0 Å². The van der Waals surface area contributed by atoms with Gasteiger partial charge in [-0.2, -0.15) is 13.2 Å². The maximum Gasteiger partial charge on any atom is 0.418 e. The molecule has 6 nitrogen and oxygen atoms in total. The highest BCUT2D eigenvalue weighted by atomic mass is 19.4. The van der Waals surface area contributed by atoms with Gasteiger partial charge in [0.2, 0.25) is 5.91 Å². The lowest BCUT2D eigenvalue weighted by molar-refractivity contribution is -0.142. The van der Waals surface area contributed by atoms with Crippen LogP contribution < -0.4 is 4.90 Å². The number of hydrogen-bond donors (Lipinski definition) is 0. The molecule has 11 heteroatoms. The van der Waals surface area contributed by atoms with Crippen LogP contribution in [-0.4, -0.2) is 50.5 Å². The largest absolute Gasteiger partial charge is 0.418 e. The molecule has 0 radical (unpaired) electrons. The van der Waals surface area contributed by atoms with Gasteiger partial charge in [0, 0.05) is 42.9 Å². The van der Waals surface area contributed by atoms with Crippen molar-refractivity contribution in [3.8, 4) is 5.69 Å². The van der Waals surface area contributed by atoms with Crippen LogP contribution in [0.2, 0.25) is 0 Å². The minimum Gasteiger partial charge on any atom is -0.349 e. The van der Waals surface area contributed by atoms with Gasteiger partial charge in [-0.05, 0) is 26.0 Å². The molecule has 0 N–H and O–H groups in total. The number of carbonyl (C=O) groups excluding carboxylic acids is 1. The van der Waals surface area contributed by atoms with Crippen molar-refractivity contribution < 1.29 is 26.7 Å². The SMILES string of the molecule is C[C@@H]1CN(c2ncnc3c2c(C(F)(F)F)cn3-c2cc(F)cc(F)c2)[C@@H](C)CN1C(=O)C(C)(C)C. The summed E-state index contributed by atoms with van der Waals surface area (Å²) in [6.45, 7) is 9.68. The molecule has 35 heavy (non-hydrogen) atoms. The minimum atomic E-state index is -4.77. The smallest absolute Gasteiger partial charge is 0.349 e. The molecule has 1 saturated heterocycles. The van der Waals surface area contributed by atoms with Gasteiger partial charge in [-0.25, -0.2) is 18.7 Å². The summed E-state index contributed by atoms with van der Waals surface area (Å²) in [5.41, 5.74) is -1.87. The Morgan fingerprint density at radius 2 is 1.60 bits per heavy atom. The van der Waals surface area contributed by atoms with E-state index in [0.717, 1.165) is 29.2 Å². The van der Waals surface area contributed by atoms with Gasteiger partial charge in [0.15, 0.2) is 5.65 Å². The predicted molar refractivity (Wildman–Crippen MR) is 121 cm³/mol. The van der Waals surface area contributed by atoms with E-state index in [1.165, 1.54) is 0 Å². The van der Waals surface area contributed by atoms with Crippen LogP contribution in [0.5, 0.6) is 0 Å². The number of fused-ring (bicyclic) bond motifs is 1. The Hall–Kier alpha value is -3.24. The highest BCUT2D eigenvalue weighted by molar-refractivity contribution is 5.93. The Kier molecular flexibility index (Phi) is 6.01. The summed E-state index contributed by atoms with van der Waals surface area (Å²) >= 11 is 0. The third-order valence-corrected chi connectivity index (χ3v) is 6.15. The van der Waals surface area contributed by atoms with Crippen molar-refractivity contribution in [3.05, 3.63) is 47.9 Å². The number of aromatic nitrogens is 3. The first kappa shape index (κ1) is 24.9. The third kappa shape index (κ3) is 4.55. The molecular weight excluding hydrogens is 469 g/mol. The van der Waals surface area contributed by atoms with Crippen LogP contribution in [0.3, 0.4) is 0 Å². The average Bonchev–Trinajstić information content (AvgIpc) is 3.14. The van der Waals surface area contributed by atoms with Crippen LogP contribution in [0.1, 0.15) is 40.2 Å². The molecule has 1 aliphatic heterocycles. The zero-order valence-electron chi connectivity index (χ0n) is 20.0. The van der Waals surface area contributed by atoms with Gasteiger partial charge >= 0.3 is 6.18 Å². The maximum atomic E-state index is 14.1. The summed E-state index contributed by atoms with van der Waals surface area (Å²) in [6, 6.07) is 1.89. The number of nitrogens with zero attached hydrogens (tertiary/aromatic N) is 5. The van der Waals surface area contributed by atoms with Crippen LogP contribution in [0, 0.1) is 17.0 Å². The lowest BCUT2D eigenvalue weighted by Gasteiger charge is -2.46. The highest BCUT2D eigenvalue weighted by Crippen LogP contribution is 2.41. The van der Waals surface area contributed by atoms with Crippen molar-refractivity contribution in [1.82, 2.24) is 19.4 Å². The van der Waals surface area contributed by atoms with Gasteiger partial charge in [-0.3, -0.25) is 4.79 Å². The van der Waals surface area contributed by atoms with E-state index < -0.39 is 28.8 Å². The number of anilines is 1. The molecule has 2 aromatic heterocycles. The molecule has 3 aromatic rings. The second-order valence-electron chi connectivity index (χ2n) is 9.99. The Bertz CT molecular complexity index is 1260. The van der Waals surface area contributed by atoms with Crippen molar-refractivity contribution in [1.29, 1.82) is 0 Å². The molecule has 0 bridgehead atoms. The molecule has 1 aromatic carbocycles. The van der Waals surface area contributed by atoms with Gasteiger partial charge in [-0.1, -0.05) is 20.8 Å². The van der Waals surface area contributed by atoms with E-state index in [-0.39, 0.29) is 47.1 Å². The van der Waals surface area contributed by atoms with Crippen molar-refractivity contribution >= 4 is 22.8 Å². The molecule has 0 unspecified atom stereocenters. The van der Waals surface area contributed by atoms with E-state index in [1.807, 2.05) is 34.6 Å². The zero-order valence-corrected chi connectivity index (χ0v) is 20.0. The lowest BCUT2D eigenvalue weighted by atomic mass is 9.92. The second kappa shape index (κ2) is 8.46. The van der Waals surface area contributed by atoms with E-state index in [2.05, 4.69) is 9.97 Å². The van der Waals surface area contributed by atoms with Gasteiger partial charge in [0.05, 0.1) is 16.6 Å². The molecule has 0 spiro atoms. The number of hydrogen-bond acceptors (Lipinski definition) is 4. The fourth-order valence-corrected chi connectivity index (χ4v) is 4.49. The summed E-state index contributed by atoms with van der Waals surface area (Å²) in [5, 5.41) is -0.265. The number of carbonyl (C=O) groups is 1. The second-order valence-corrected chi connectivity index (χ2v) is 9.99. The summed E-state index contributed by atoms with van der Waals surface area (Å²) in [4.78, 5) is 24.6. The number of amides is 1. The molecule has 0 saturated carbocycles. The number of rotatable bonds is 2. The zero-order chi connectivity index (χ0) is 25.9. The monoisotopic (exact) mass is 495 g/mol. The molecule has 2 atom stereocenters. The number of alkyl halides is 3. The Morgan fingerprint density at radius 1 is 0.971 bits per heavy atom. The number of benzene rings is 1. The molecule has 1 amide bonds. The van der Waals surface area contributed by atoms with Crippen LogP contribution in [-0.2, 0) is 11.0 Å². The van der Waals surface area contributed by atoms with Gasteiger partial charge < -0.3 is 14.4 Å². The molecule has 1 fully saturated rings. The Balaban J connectivity index is 1.85. The van der Waals surface area contributed by atoms with E-state index in [4.69, 9.17) is 0 Å². The van der Waals surface area contributed by atoms with Gasteiger partial charge in [0.1, 0.15) is 23.8 Å². The number of piperazine rings is 1. The molecule has 4 rings (SSSR count). The molecule has 188 valence electrons. The van der Waals surface area contributed by atoms with Crippen molar-refractivity contribution in [2.24, 2.45) is 5.41 Å². The summed E-state index contributed by atoms with van der Waals surface area (Å²) in [5.74, 6) is -1.83. The van der Waals surface area contributed by atoms with E-state index in [1.54, 1.807) is 9.80 Å². The van der Waals surface area contributed by atoms with E-state index in [9.17, 15) is 26.7 Å². The van der Waals surface area contributed by atoms with Crippen molar-refractivity contribution in [3.63, 3.8) is 0 Å². The first-order valence-electron chi connectivity index (χ1n) is 11.2. The van der Waals surface area contributed by atoms with E-state index in [0.29, 0.717) is 12.6 Å². The topological polar surface area (TPSA) is 54.3 Å². The fraction of sp³-hybridized carbons (Fsp3) is 0.458. The quantitative estimate of drug-likeness (QED) is 0.460. The fourth-order valence-electron chi connectivity index (χ4n) is 4.49. The highest BCUT2D eigenvalue weighted by Gasteiger charge is 2.41. The summed E-state index contributed by atoms with van der Waals surface area (Å²) in [7, 11) is 0. The van der Waals surface area contributed by atoms with Gasteiger partial charge in [0.25, 0.3) is 0 Å². The average molecular weight is 495 g/mol. The molecule has 0 aliphatic carbocycles. The summed E-state index contributed by atoms with van der Waals surface area (Å²) < 4.78 is 71.1. The first-order chi connectivity index (χ1) is 16.2. The van der Waals surface area contributed by atoms with Crippen LogP contribution in [0.25, 0.3) is 16.7 Å². The van der Waals surface area contributed by atoms with Crippen molar-refractivity contribution in [2.45, 2.75) is 52.9 Å². The molecule has 1 aliphatic rings. The first-order valence-corrected chi connectivity index (χ1v) is 11.2. The lowest BCUT2D eigenvalue weighted by Crippen LogP contribution is -2.60. The number of halogens is 5. The minimum absolute atomic E-state index is 0.0420. The molecular formula is C24H26F5N5O. The van der Waals surface area contributed by atoms with Crippen LogP contribution in [0.4, 0.5) is 27.8 Å². The summed E-state index contributed by atoms with van der Waals surface area (Å²) in [6.07, 6.45) is -2.85. The Labute approximate surface area is 199 Å². The standard InChI is InChI=1S/C24H26F5N5O/c1-13-10-33(22(35)23(3,4)5)14(2)9-32(13)20-19-18(24(27,28)29)11-34(21(19)31-12-30-20)17-7-15(25)6-16(26)8-17/h6-8,11-14H,9-10H2,1-5H3/t13-,14+/m0/s1.